The summed E-state index contributed by atoms with van der Waals surface area (Å²) in [6, 6.07) is 0. The van der Waals surface area contributed by atoms with Crippen molar-refractivity contribution in [1.29, 1.82) is 0 Å². The first-order valence-electron chi connectivity index (χ1n) is 1.03. The van der Waals surface area contributed by atoms with Gasteiger partial charge < -0.3 is 0 Å². The molecule has 5 heteroatoms. The molecule has 0 unspecified atom stereocenters. The highest BCUT2D eigenvalue weighted by Crippen LogP contribution is 1.99. The quantitative estimate of drug-likeness (QED) is 0.180. The Morgan fingerprint density at radius 2 is 2.50 bits per heavy atom. The normalized spacial score (nSPS) is 7.67. The molecule has 0 fully saturated rings. The van der Waals surface area contributed by atoms with Crippen LogP contribution in [-0.4, -0.2) is 3.91 Å². The van der Waals surface area contributed by atoms with Crippen molar-refractivity contribution in [2.24, 2.45) is 0 Å². The van der Waals surface area contributed by atoms with E-state index in [1.54, 1.807) is 22.6 Å². The predicted octanol–water partition coefficient (Wildman–Crippen LogP) is 1.62. The summed E-state index contributed by atoms with van der Waals surface area (Å²) in [5.41, 5.74) is 0. The zero-order valence-corrected chi connectivity index (χ0v) is 6.51. The van der Waals surface area contributed by atoms with Crippen LogP contribution >= 0.6 is 45.2 Å². The van der Waals surface area contributed by atoms with Gasteiger partial charge in [0.1, 0.15) is 0 Å². The molecule has 0 aromatic rings. The lowest BCUT2D eigenvalue weighted by Crippen LogP contribution is -2.00. The second-order valence-electron chi connectivity index (χ2n) is 0.467. The van der Waals surface area contributed by atoms with E-state index in [-0.39, 0.29) is 3.91 Å². The fourth-order valence-corrected chi connectivity index (χ4v) is 1.21. The van der Waals surface area contributed by atoms with Crippen LogP contribution in [0.4, 0.5) is 4.79 Å². The minimum absolute atomic E-state index is 0.104. The van der Waals surface area contributed by atoms with Crippen LogP contribution in [0.25, 0.3) is 0 Å². The number of rotatable bonds is 1. The molecule has 0 atom stereocenters. The molecule has 0 saturated carbocycles. The maximum atomic E-state index is 9.85. The van der Waals surface area contributed by atoms with Gasteiger partial charge in [-0.1, -0.05) is 11.7 Å². The third kappa shape index (κ3) is 4.90. The molecule has 6 heavy (non-hydrogen) atoms. The van der Waals surface area contributed by atoms with Gasteiger partial charge in [-0.25, -0.2) is 0 Å². The first-order valence-corrected chi connectivity index (χ1v) is 3.98. The van der Waals surface area contributed by atoms with Gasteiger partial charge in [0.05, 0.1) is 0 Å². The Morgan fingerprint density at radius 3 is 2.50 bits per heavy atom. The summed E-state index contributed by atoms with van der Waals surface area (Å²) >= 11 is 5.26. The maximum absolute atomic E-state index is 9.85. The first-order chi connectivity index (χ1) is 2.77. The average Bonchev–Trinajstić information content (AvgIpc) is 1.35. The monoisotopic (exact) mass is 235 g/mol. The fourth-order valence-electron chi connectivity index (χ4n) is 0.0359. The molecule has 2 nitrogen and oxygen atoms in total. The summed E-state index contributed by atoms with van der Waals surface area (Å²) in [6.45, 7) is 0. The summed E-state index contributed by atoms with van der Waals surface area (Å²) < 4.78 is 2.23. The minimum Gasteiger partial charge on any atom is -0.282 e. The molecule has 0 saturated heterocycles. The van der Waals surface area contributed by atoms with Crippen molar-refractivity contribution in [3.05, 3.63) is 0 Å². The molecule has 0 aromatic heterocycles. The number of carbonyl (C=O) groups is 1. The van der Waals surface area contributed by atoms with Crippen LogP contribution in [-0.2, 0) is 0 Å². The van der Waals surface area contributed by atoms with E-state index in [1.165, 1.54) is 0 Å². The van der Waals surface area contributed by atoms with Gasteiger partial charge >= 0.3 is 0 Å². The Balaban J connectivity index is 2.83. The van der Waals surface area contributed by atoms with Crippen molar-refractivity contribution in [3.8, 4) is 0 Å². The number of carbonyl (C=O) groups excluding carboxylic acids is 1. The molecule has 0 heterocycles. The standard InChI is InChI=1S/CH2INOS2/c2-1(4)3-6-5/h5H,(H,3,4). The van der Waals surface area contributed by atoms with Crippen molar-refractivity contribution in [1.82, 2.24) is 4.72 Å². The lowest BCUT2D eigenvalue weighted by atomic mass is 11.5. The van der Waals surface area contributed by atoms with Crippen LogP contribution < -0.4 is 4.72 Å². The fraction of sp³-hybridized carbons (Fsp3) is 0. The molecule has 0 aromatic carbocycles. The number of amides is 1. The summed E-state index contributed by atoms with van der Waals surface area (Å²) in [6.07, 6.45) is 0. The maximum Gasteiger partial charge on any atom is 0.291 e. The van der Waals surface area contributed by atoms with Gasteiger partial charge in [0.25, 0.3) is 3.91 Å². The molecule has 1 amide bonds. The van der Waals surface area contributed by atoms with E-state index in [2.05, 4.69) is 16.4 Å². The minimum atomic E-state index is -0.104. The van der Waals surface area contributed by atoms with Crippen LogP contribution in [0.15, 0.2) is 0 Å². The van der Waals surface area contributed by atoms with Crippen LogP contribution in [0.2, 0.25) is 0 Å². The highest BCUT2D eigenvalue weighted by atomic mass is 127. The number of hydrogen-bond donors (Lipinski definition) is 2. The molecular weight excluding hydrogens is 233 g/mol. The number of halogens is 1. The van der Waals surface area contributed by atoms with E-state index in [1.807, 2.05) is 0 Å². The first kappa shape index (κ1) is 6.90. The summed E-state index contributed by atoms with van der Waals surface area (Å²) in [5.74, 6) is 0. The van der Waals surface area contributed by atoms with Crippen molar-refractivity contribution in [2.75, 3.05) is 0 Å². The predicted molar refractivity (Wildman–Crippen MR) is 39.1 cm³/mol. The van der Waals surface area contributed by atoms with Gasteiger partial charge in [-0.05, 0) is 0 Å². The largest absolute Gasteiger partial charge is 0.291 e. The molecular formula is CH2INOS2. The molecule has 0 rings (SSSR count). The lowest BCUT2D eigenvalue weighted by Gasteiger charge is -1.84. The molecule has 0 spiro atoms. The molecule has 0 aliphatic carbocycles. The SMILES string of the molecule is O=C(I)NSS. The Morgan fingerprint density at radius 1 is 2.00 bits per heavy atom. The van der Waals surface area contributed by atoms with Crippen LogP contribution in [0.1, 0.15) is 0 Å². The molecule has 0 radical (unpaired) electrons. The summed E-state index contributed by atoms with van der Waals surface area (Å²) in [5, 5.41) is 0. The van der Waals surface area contributed by atoms with Crippen LogP contribution in [0, 0.1) is 0 Å². The smallest absolute Gasteiger partial charge is 0.282 e. The number of thiol groups is 1. The Kier molecular flexibility index (Phi) is 4.68. The van der Waals surface area contributed by atoms with Crippen LogP contribution in [0.5, 0.6) is 0 Å². The highest BCUT2D eigenvalue weighted by Gasteiger charge is 1.83. The van der Waals surface area contributed by atoms with Gasteiger partial charge in [0, 0.05) is 33.6 Å². The Bertz CT molecular complexity index is 57.5. The summed E-state index contributed by atoms with van der Waals surface area (Å²) in [7, 11) is 0.997. The van der Waals surface area contributed by atoms with Gasteiger partial charge in [0.15, 0.2) is 0 Å². The van der Waals surface area contributed by atoms with Gasteiger partial charge in [-0.3, -0.25) is 9.52 Å². The van der Waals surface area contributed by atoms with E-state index >= 15 is 0 Å². The van der Waals surface area contributed by atoms with E-state index < -0.39 is 0 Å². The third-order valence-corrected chi connectivity index (χ3v) is 1.31. The third-order valence-electron chi connectivity index (χ3n) is 0.126. The van der Waals surface area contributed by atoms with Crippen molar-refractivity contribution < 1.29 is 4.79 Å². The second kappa shape index (κ2) is 4.07. The molecule has 0 aliphatic rings. The van der Waals surface area contributed by atoms with Gasteiger partial charge in [-0.2, -0.15) is 0 Å². The molecule has 0 bridgehead atoms. The van der Waals surface area contributed by atoms with Gasteiger partial charge in [0.2, 0.25) is 0 Å². The Hall–Kier alpha value is 0.900. The lowest BCUT2D eigenvalue weighted by molar-refractivity contribution is 0.267. The van der Waals surface area contributed by atoms with E-state index in [9.17, 15) is 4.79 Å². The van der Waals surface area contributed by atoms with Crippen molar-refractivity contribution >= 4 is 49.1 Å². The highest BCUT2D eigenvalue weighted by molar-refractivity contribution is 14.1. The van der Waals surface area contributed by atoms with E-state index in [0.717, 1.165) is 11.0 Å². The Labute approximate surface area is 58.5 Å². The molecule has 36 valence electrons. The summed E-state index contributed by atoms with van der Waals surface area (Å²) in [4.78, 5) is 9.85. The van der Waals surface area contributed by atoms with Crippen molar-refractivity contribution in [2.45, 2.75) is 0 Å². The zero-order chi connectivity index (χ0) is 4.99. The molecule has 0 aliphatic heterocycles. The van der Waals surface area contributed by atoms with Crippen LogP contribution in [0.3, 0.4) is 0 Å². The van der Waals surface area contributed by atoms with E-state index in [4.69, 9.17) is 0 Å². The average molecular weight is 235 g/mol. The zero-order valence-electron chi connectivity index (χ0n) is 2.64. The molecule has 1 N–H and O–H groups in total. The van der Waals surface area contributed by atoms with Crippen molar-refractivity contribution in [3.63, 3.8) is 0 Å². The van der Waals surface area contributed by atoms with Gasteiger partial charge in [-0.15, -0.1) is 0 Å². The second-order valence-corrected chi connectivity index (χ2v) is 2.38. The number of nitrogens with one attached hydrogen (secondary N) is 1. The topological polar surface area (TPSA) is 29.1 Å². The van der Waals surface area contributed by atoms with E-state index in [0.29, 0.717) is 0 Å². The number of hydrogen-bond acceptors (Lipinski definition) is 3.